The molecule has 0 saturated carbocycles. The predicted octanol–water partition coefficient (Wildman–Crippen LogP) is 0.981. The molecule has 94 valence electrons. The van der Waals surface area contributed by atoms with Crippen molar-refractivity contribution < 1.29 is 14.6 Å². The van der Waals surface area contributed by atoms with Crippen molar-refractivity contribution in [3.8, 4) is 0 Å². The molecular weight excluding hydrogens is 254 g/mol. The van der Waals surface area contributed by atoms with E-state index in [2.05, 4.69) is 9.97 Å². The van der Waals surface area contributed by atoms with Crippen LogP contribution in [0.4, 0.5) is 5.82 Å². The lowest BCUT2D eigenvalue weighted by molar-refractivity contribution is -0.141. The first kappa shape index (κ1) is 11.4. The maximum Gasteiger partial charge on any atom is 0.328 e. The summed E-state index contributed by atoms with van der Waals surface area (Å²) in [5.74, 6) is -0.214. The molecule has 1 atom stereocenters. The first-order valence-electron chi connectivity index (χ1n) is 5.53. The molecule has 1 saturated heterocycles. The van der Waals surface area contributed by atoms with E-state index in [1.807, 2.05) is 11.4 Å². The van der Waals surface area contributed by atoms with Crippen LogP contribution in [0.3, 0.4) is 0 Å². The van der Waals surface area contributed by atoms with Gasteiger partial charge in [0, 0.05) is 6.54 Å². The quantitative estimate of drug-likeness (QED) is 0.872. The number of carboxylic acids is 1. The van der Waals surface area contributed by atoms with Gasteiger partial charge in [0.2, 0.25) is 0 Å². The van der Waals surface area contributed by atoms with Gasteiger partial charge in [-0.25, -0.2) is 14.8 Å². The van der Waals surface area contributed by atoms with Crippen LogP contribution in [0.5, 0.6) is 0 Å². The fourth-order valence-electron chi connectivity index (χ4n) is 2.07. The fraction of sp³-hybridized carbons (Fsp3) is 0.364. The van der Waals surface area contributed by atoms with Crippen LogP contribution in [0, 0.1) is 0 Å². The standard InChI is InChI=1S/C11H11N3O3S/c15-11(16)8-5-17-3-2-14(8)9-7-1-4-18-10(7)13-6-12-9/h1,4,6,8H,2-3,5H2,(H,15,16). The Morgan fingerprint density at radius 2 is 2.44 bits per heavy atom. The van der Waals surface area contributed by atoms with Crippen LogP contribution in [0.25, 0.3) is 10.2 Å². The average molecular weight is 265 g/mol. The number of fused-ring (bicyclic) bond motifs is 1. The smallest absolute Gasteiger partial charge is 0.328 e. The molecule has 0 amide bonds. The second-order valence-corrected chi connectivity index (χ2v) is 4.85. The molecule has 1 fully saturated rings. The molecule has 7 heteroatoms. The van der Waals surface area contributed by atoms with Crippen molar-refractivity contribution in [1.29, 1.82) is 0 Å². The van der Waals surface area contributed by atoms with Crippen molar-refractivity contribution in [2.45, 2.75) is 6.04 Å². The molecular formula is C11H11N3O3S. The Kier molecular flexibility index (Phi) is 2.85. The number of ether oxygens (including phenoxy) is 1. The Bertz CT molecular complexity index is 586. The van der Waals surface area contributed by atoms with Gasteiger partial charge in [-0.3, -0.25) is 0 Å². The number of aromatic nitrogens is 2. The van der Waals surface area contributed by atoms with Crippen LogP contribution >= 0.6 is 11.3 Å². The van der Waals surface area contributed by atoms with Crippen molar-refractivity contribution in [2.24, 2.45) is 0 Å². The van der Waals surface area contributed by atoms with Crippen molar-refractivity contribution in [2.75, 3.05) is 24.7 Å². The zero-order valence-electron chi connectivity index (χ0n) is 9.44. The predicted molar refractivity (Wildman–Crippen MR) is 67.0 cm³/mol. The van der Waals surface area contributed by atoms with Crippen molar-refractivity contribution in [3.63, 3.8) is 0 Å². The maximum absolute atomic E-state index is 11.2. The third-order valence-electron chi connectivity index (χ3n) is 2.93. The van der Waals surface area contributed by atoms with E-state index in [-0.39, 0.29) is 6.61 Å². The molecule has 2 aromatic heterocycles. The van der Waals surface area contributed by atoms with Gasteiger partial charge in [-0.2, -0.15) is 0 Å². The van der Waals surface area contributed by atoms with Crippen LogP contribution in [-0.2, 0) is 9.53 Å². The molecule has 1 aliphatic rings. The number of anilines is 1. The first-order chi connectivity index (χ1) is 8.77. The third-order valence-corrected chi connectivity index (χ3v) is 3.75. The highest BCUT2D eigenvalue weighted by Gasteiger charge is 2.31. The van der Waals surface area contributed by atoms with E-state index in [0.29, 0.717) is 19.0 Å². The largest absolute Gasteiger partial charge is 0.480 e. The summed E-state index contributed by atoms with van der Waals surface area (Å²) in [7, 11) is 0. The number of hydrogen-bond acceptors (Lipinski definition) is 6. The zero-order chi connectivity index (χ0) is 12.5. The van der Waals surface area contributed by atoms with Gasteiger partial charge in [0.1, 0.15) is 17.0 Å². The molecule has 0 spiro atoms. The summed E-state index contributed by atoms with van der Waals surface area (Å²) in [5.41, 5.74) is 0. The molecule has 1 unspecified atom stereocenters. The molecule has 2 aromatic rings. The van der Waals surface area contributed by atoms with Gasteiger partial charge in [-0.15, -0.1) is 11.3 Å². The SMILES string of the molecule is O=C(O)C1COCCN1c1ncnc2sccc12. The van der Waals surface area contributed by atoms with Gasteiger partial charge in [0.15, 0.2) is 6.04 Å². The van der Waals surface area contributed by atoms with E-state index in [1.165, 1.54) is 17.7 Å². The molecule has 0 aliphatic carbocycles. The minimum atomic E-state index is -0.892. The highest BCUT2D eigenvalue weighted by Crippen LogP contribution is 2.28. The van der Waals surface area contributed by atoms with Gasteiger partial charge < -0.3 is 14.7 Å². The molecule has 3 rings (SSSR count). The Hall–Kier alpha value is -1.73. The first-order valence-corrected chi connectivity index (χ1v) is 6.41. The number of nitrogens with zero attached hydrogens (tertiary/aromatic N) is 3. The molecule has 1 aliphatic heterocycles. The summed E-state index contributed by atoms with van der Waals surface area (Å²) < 4.78 is 5.23. The highest BCUT2D eigenvalue weighted by atomic mass is 32.1. The lowest BCUT2D eigenvalue weighted by atomic mass is 10.2. The minimum absolute atomic E-state index is 0.185. The summed E-state index contributed by atoms with van der Waals surface area (Å²) in [6, 6.07) is 1.24. The number of hydrogen-bond donors (Lipinski definition) is 1. The summed E-state index contributed by atoms with van der Waals surface area (Å²) in [6.07, 6.45) is 1.47. The number of carbonyl (C=O) groups is 1. The van der Waals surface area contributed by atoms with Crippen molar-refractivity contribution in [1.82, 2.24) is 9.97 Å². The monoisotopic (exact) mass is 265 g/mol. The molecule has 1 N–H and O–H groups in total. The molecule has 0 radical (unpaired) electrons. The normalized spacial score (nSPS) is 20.2. The van der Waals surface area contributed by atoms with E-state index in [1.54, 1.807) is 4.90 Å². The fourth-order valence-corrected chi connectivity index (χ4v) is 2.79. The lowest BCUT2D eigenvalue weighted by Gasteiger charge is -2.33. The van der Waals surface area contributed by atoms with Crippen molar-refractivity contribution >= 4 is 33.3 Å². The number of thiophene rings is 1. The van der Waals surface area contributed by atoms with Crippen LogP contribution in [-0.4, -0.2) is 46.8 Å². The van der Waals surface area contributed by atoms with Crippen LogP contribution < -0.4 is 4.90 Å². The molecule has 0 aromatic carbocycles. The number of carboxylic acid groups (broad SMARTS) is 1. The summed E-state index contributed by atoms with van der Waals surface area (Å²) in [5, 5.41) is 12.1. The Morgan fingerprint density at radius 3 is 3.28 bits per heavy atom. The topological polar surface area (TPSA) is 75.6 Å². The molecule has 0 bridgehead atoms. The Morgan fingerprint density at radius 1 is 1.56 bits per heavy atom. The molecule has 18 heavy (non-hydrogen) atoms. The van der Waals surface area contributed by atoms with E-state index in [9.17, 15) is 9.90 Å². The van der Waals surface area contributed by atoms with E-state index >= 15 is 0 Å². The van der Waals surface area contributed by atoms with Gasteiger partial charge >= 0.3 is 5.97 Å². The molecule has 6 nitrogen and oxygen atoms in total. The Labute approximate surface area is 107 Å². The van der Waals surface area contributed by atoms with Crippen LogP contribution in [0.15, 0.2) is 17.8 Å². The van der Waals surface area contributed by atoms with Gasteiger partial charge in [-0.05, 0) is 11.4 Å². The van der Waals surface area contributed by atoms with E-state index < -0.39 is 12.0 Å². The summed E-state index contributed by atoms with van der Waals surface area (Å²) in [6.45, 7) is 1.23. The van der Waals surface area contributed by atoms with Gasteiger partial charge in [-0.1, -0.05) is 0 Å². The maximum atomic E-state index is 11.2. The second kappa shape index (κ2) is 4.51. The molecule has 3 heterocycles. The van der Waals surface area contributed by atoms with Gasteiger partial charge in [0.25, 0.3) is 0 Å². The highest BCUT2D eigenvalue weighted by molar-refractivity contribution is 7.16. The van der Waals surface area contributed by atoms with E-state index in [0.717, 1.165) is 10.2 Å². The Balaban J connectivity index is 2.06. The zero-order valence-corrected chi connectivity index (χ0v) is 10.3. The second-order valence-electron chi connectivity index (χ2n) is 3.96. The number of rotatable bonds is 2. The van der Waals surface area contributed by atoms with Crippen molar-refractivity contribution in [3.05, 3.63) is 17.8 Å². The van der Waals surface area contributed by atoms with Gasteiger partial charge in [0.05, 0.1) is 18.6 Å². The number of aliphatic carboxylic acids is 1. The third kappa shape index (κ3) is 1.81. The number of morpholine rings is 1. The van der Waals surface area contributed by atoms with Crippen LogP contribution in [0.1, 0.15) is 0 Å². The summed E-state index contributed by atoms with van der Waals surface area (Å²) >= 11 is 1.52. The average Bonchev–Trinajstić information content (AvgIpc) is 2.86. The minimum Gasteiger partial charge on any atom is -0.480 e. The van der Waals surface area contributed by atoms with E-state index in [4.69, 9.17) is 4.74 Å². The van der Waals surface area contributed by atoms with Crippen LogP contribution in [0.2, 0.25) is 0 Å². The lowest BCUT2D eigenvalue weighted by Crippen LogP contribution is -2.50. The summed E-state index contributed by atoms with van der Waals surface area (Å²) in [4.78, 5) is 22.3.